The molecule has 0 aliphatic carbocycles. The van der Waals surface area contributed by atoms with Gasteiger partial charge in [0.1, 0.15) is 0 Å². The van der Waals surface area contributed by atoms with Gasteiger partial charge >= 0.3 is 0 Å². The maximum Gasteiger partial charge on any atom is 0.0112 e. The molecule has 0 rings (SSSR count). The summed E-state index contributed by atoms with van der Waals surface area (Å²) >= 11 is 0. The van der Waals surface area contributed by atoms with Crippen molar-refractivity contribution in [1.29, 1.82) is 0 Å². The minimum Gasteiger partial charge on any atom is -0.328 e. The number of hydrogen-bond acceptors (Lipinski definition) is 2. The molecule has 0 saturated heterocycles. The first kappa shape index (κ1) is 12.9. The van der Waals surface area contributed by atoms with Crippen molar-refractivity contribution in [3.8, 4) is 0 Å². The Hall–Kier alpha value is -0.0800. The molecule has 1 atom stereocenters. The summed E-state index contributed by atoms with van der Waals surface area (Å²) in [4.78, 5) is 0. The molecule has 0 fully saturated rings. The van der Waals surface area contributed by atoms with E-state index >= 15 is 0 Å². The maximum atomic E-state index is 5.99. The number of rotatable bonds is 4. The van der Waals surface area contributed by atoms with Crippen LogP contribution >= 0.6 is 0 Å². The number of hydrogen-bond donors (Lipinski definition) is 2. The molecule has 4 N–H and O–H groups in total. The first-order chi connectivity index (χ1) is 5.60. The van der Waals surface area contributed by atoms with Gasteiger partial charge < -0.3 is 11.5 Å². The van der Waals surface area contributed by atoms with Gasteiger partial charge in [0.15, 0.2) is 0 Å². The van der Waals surface area contributed by atoms with Crippen molar-refractivity contribution < 1.29 is 0 Å². The Morgan fingerprint density at radius 3 is 1.85 bits per heavy atom. The van der Waals surface area contributed by atoms with Crippen molar-refractivity contribution >= 4 is 0 Å². The van der Waals surface area contributed by atoms with E-state index in [0.29, 0.717) is 5.41 Å². The summed E-state index contributed by atoms with van der Waals surface area (Å²) in [6.45, 7) is 10.8. The van der Waals surface area contributed by atoms with Crippen LogP contribution in [0.4, 0.5) is 0 Å². The third kappa shape index (κ3) is 9.84. The van der Waals surface area contributed by atoms with Crippen molar-refractivity contribution in [2.75, 3.05) is 0 Å². The summed E-state index contributed by atoms with van der Waals surface area (Å²) < 4.78 is 0. The highest BCUT2D eigenvalue weighted by Gasteiger charge is 2.18. The van der Waals surface area contributed by atoms with Crippen LogP contribution < -0.4 is 11.5 Å². The van der Waals surface area contributed by atoms with Crippen LogP contribution in [0.25, 0.3) is 0 Å². The maximum absolute atomic E-state index is 5.99. The van der Waals surface area contributed by atoms with E-state index in [2.05, 4.69) is 20.8 Å². The monoisotopic (exact) mass is 186 g/mol. The fourth-order valence-electron chi connectivity index (χ4n) is 1.40. The quantitative estimate of drug-likeness (QED) is 0.707. The normalized spacial score (nSPS) is 15.9. The third-order valence-electron chi connectivity index (χ3n) is 2.05. The molecule has 0 radical (unpaired) electrons. The fraction of sp³-hybridized carbons (Fsp3) is 1.00. The van der Waals surface area contributed by atoms with Crippen LogP contribution in [0.3, 0.4) is 0 Å². The molecule has 0 aromatic heterocycles. The van der Waals surface area contributed by atoms with E-state index < -0.39 is 0 Å². The van der Waals surface area contributed by atoms with Gasteiger partial charge in [-0.15, -0.1) is 0 Å². The van der Waals surface area contributed by atoms with Crippen LogP contribution in [-0.4, -0.2) is 11.6 Å². The molecule has 0 amide bonds. The average Bonchev–Trinajstić information content (AvgIpc) is 1.78. The molecule has 2 heteroatoms. The van der Waals surface area contributed by atoms with Crippen LogP contribution in [0.1, 0.15) is 53.9 Å². The van der Waals surface area contributed by atoms with Gasteiger partial charge in [-0.25, -0.2) is 0 Å². The number of nitrogens with two attached hydrogens (primary N) is 2. The average molecular weight is 186 g/mol. The molecule has 0 aliphatic heterocycles. The van der Waals surface area contributed by atoms with Gasteiger partial charge in [0.25, 0.3) is 0 Å². The summed E-state index contributed by atoms with van der Waals surface area (Å²) in [5.74, 6) is 0. The van der Waals surface area contributed by atoms with E-state index in [9.17, 15) is 0 Å². The second kappa shape index (κ2) is 4.43. The molecule has 0 aliphatic rings. The highest BCUT2D eigenvalue weighted by atomic mass is 14.7. The van der Waals surface area contributed by atoms with E-state index in [1.54, 1.807) is 0 Å². The van der Waals surface area contributed by atoms with Gasteiger partial charge in [-0.1, -0.05) is 20.8 Å². The zero-order valence-electron chi connectivity index (χ0n) is 9.85. The van der Waals surface area contributed by atoms with Gasteiger partial charge in [-0.3, -0.25) is 0 Å². The SMILES string of the molecule is CC(C)(C)CCC(N)CC(C)(C)N. The van der Waals surface area contributed by atoms with Gasteiger partial charge in [-0.05, 0) is 38.5 Å². The van der Waals surface area contributed by atoms with Crippen LogP contribution in [0.15, 0.2) is 0 Å². The highest BCUT2D eigenvalue weighted by Crippen LogP contribution is 2.22. The lowest BCUT2D eigenvalue weighted by atomic mass is 9.86. The Kier molecular flexibility index (Phi) is 4.40. The molecule has 0 saturated carbocycles. The largest absolute Gasteiger partial charge is 0.328 e. The summed E-state index contributed by atoms with van der Waals surface area (Å²) in [5.41, 5.74) is 12.1. The van der Waals surface area contributed by atoms with E-state index in [1.807, 2.05) is 13.8 Å². The van der Waals surface area contributed by atoms with Crippen LogP contribution in [0, 0.1) is 5.41 Å². The lowest BCUT2D eigenvalue weighted by Gasteiger charge is -2.26. The summed E-state index contributed by atoms with van der Waals surface area (Å²) in [6, 6.07) is 0.249. The molecule has 0 bridgehead atoms. The van der Waals surface area contributed by atoms with Crippen LogP contribution in [0.2, 0.25) is 0 Å². The third-order valence-corrected chi connectivity index (χ3v) is 2.05. The summed E-state index contributed by atoms with van der Waals surface area (Å²) in [5, 5.41) is 0. The van der Waals surface area contributed by atoms with Gasteiger partial charge in [0.05, 0.1) is 0 Å². The Bertz CT molecular complexity index is 139. The van der Waals surface area contributed by atoms with E-state index in [4.69, 9.17) is 11.5 Å². The summed E-state index contributed by atoms with van der Waals surface area (Å²) in [7, 11) is 0. The molecule has 0 aromatic rings. The molecule has 13 heavy (non-hydrogen) atoms. The Morgan fingerprint density at radius 1 is 1.08 bits per heavy atom. The Morgan fingerprint density at radius 2 is 1.54 bits per heavy atom. The van der Waals surface area contributed by atoms with Crippen molar-refractivity contribution in [2.45, 2.75) is 65.5 Å². The zero-order valence-corrected chi connectivity index (χ0v) is 9.85. The molecule has 0 aromatic carbocycles. The smallest absolute Gasteiger partial charge is 0.0112 e. The molecular weight excluding hydrogens is 160 g/mol. The molecule has 1 unspecified atom stereocenters. The summed E-state index contributed by atoms with van der Waals surface area (Å²) in [6.07, 6.45) is 3.15. The van der Waals surface area contributed by atoms with Crippen LogP contribution in [-0.2, 0) is 0 Å². The predicted molar refractivity (Wildman–Crippen MR) is 59.5 cm³/mol. The second-order valence-corrected chi connectivity index (χ2v) is 6.05. The van der Waals surface area contributed by atoms with Crippen molar-refractivity contribution in [3.63, 3.8) is 0 Å². The molecule has 80 valence electrons. The highest BCUT2D eigenvalue weighted by molar-refractivity contribution is 4.79. The standard InChI is InChI=1S/C11H26N2/c1-10(2,3)7-6-9(12)8-11(4,5)13/h9H,6-8,12-13H2,1-5H3. The molecule has 2 nitrogen and oxygen atoms in total. The lowest BCUT2D eigenvalue weighted by molar-refractivity contribution is 0.322. The topological polar surface area (TPSA) is 52.0 Å². The van der Waals surface area contributed by atoms with Crippen molar-refractivity contribution in [3.05, 3.63) is 0 Å². The van der Waals surface area contributed by atoms with Crippen LogP contribution in [0.5, 0.6) is 0 Å². The fourth-order valence-corrected chi connectivity index (χ4v) is 1.40. The van der Waals surface area contributed by atoms with Gasteiger partial charge in [0, 0.05) is 11.6 Å². The predicted octanol–water partition coefficient (Wildman–Crippen LogP) is 2.27. The minimum atomic E-state index is -0.128. The van der Waals surface area contributed by atoms with Gasteiger partial charge in [-0.2, -0.15) is 0 Å². The van der Waals surface area contributed by atoms with Crippen molar-refractivity contribution in [1.82, 2.24) is 0 Å². The van der Waals surface area contributed by atoms with Gasteiger partial charge in [0.2, 0.25) is 0 Å². The van der Waals surface area contributed by atoms with E-state index in [-0.39, 0.29) is 11.6 Å². The zero-order chi connectivity index (χ0) is 10.7. The first-order valence-corrected chi connectivity index (χ1v) is 5.15. The molecular formula is C11H26N2. The Balaban J connectivity index is 3.70. The second-order valence-electron chi connectivity index (χ2n) is 6.05. The van der Waals surface area contributed by atoms with E-state index in [0.717, 1.165) is 12.8 Å². The molecule has 0 heterocycles. The first-order valence-electron chi connectivity index (χ1n) is 5.15. The molecule has 0 spiro atoms. The van der Waals surface area contributed by atoms with Crippen molar-refractivity contribution in [2.24, 2.45) is 16.9 Å². The lowest BCUT2D eigenvalue weighted by Crippen LogP contribution is -2.39. The van der Waals surface area contributed by atoms with E-state index in [1.165, 1.54) is 6.42 Å². The minimum absolute atomic E-state index is 0.128. The Labute approximate surface area is 83.1 Å².